The van der Waals surface area contributed by atoms with Gasteiger partial charge in [-0.2, -0.15) is 0 Å². The van der Waals surface area contributed by atoms with Crippen LogP contribution in [0.5, 0.6) is 0 Å². The third-order valence-corrected chi connectivity index (χ3v) is 2.43. The van der Waals surface area contributed by atoms with Crippen molar-refractivity contribution in [1.29, 1.82) is 0 Å². The Kier molecular flexibility index (Phi) is 3.47. The summed E-state index contributed by atoms with van der Waals surface area (Å²) in [5.74, 6) is -0.574. The van der Waals surface area contributed by atoms with E-state index < -0.39 is 11.9 Å². The number of rotatable bonds is 4. The van der Waals surface area contributed by atoms with Crippen molar-refractivity contribution in [2.75, 3.05) is 0 Å². The molecule has 3 N–H and O–H groups in total. The maximum Gasteiger partial charge on any atom is 0.335 e. The van der Waals surface area contributed by atoms with Crippen molar-refractivity contribution in [2.24, 2.45) is 5.73 Å². The molecule has 1 aromatic carbocycles. The van der Waals surface area contributed by atoms with E-state index in [1.165, 1.54) is 24.3 Å². The second-order valence-electron chi connectivity index (χ2n) is 3.82. The number of carbonyl (C=O) groups excluding carboxylic acids is 1. The summed E-state index contributed by atoms with van der Waals surface area (Å²) in [4.78, 5) is 21.5. The highest BCUT2D eigenvalue weighted by molar-refractivity contribution is 5.90. The molecule has 5 heteroatoms. The van der Waals surface area contributed by atoms with E-state index in [2.05, 4.69) is 0 Å². The van der Waals surface area contributed by atoms with Crippen LogP contribution in [-0.2, 0) is 4.79 Å². The fourth-order valence-electron chi connectivity index (χ4n) is 1.57. The van der Waals surface area contributed by atoms with Gasteiger partial charge in [-0.1, -0.05) is 12.1 Å². The Labute approximate surface area is 109 Å². The number of nitrogens with two attached hydrogens (primary N) is 1. The maximum absolute atomic E-state index is 10.9. The summed E-state index contributed by atoms with van der Waals surface area (Å²) in [5, 5.41) is 8.91. The van der Waals surface area contributed by atoms with Crippen LogP contribution in [0.1, 0.15) is 16.1 Å². The fourth-order valence-corrected chi connectivity index (χ4v) is 1.57. The van der Waals surface area contributed by atoms with E-state index in [0.29, 0.717) is 17.1 Å². The number of aromatic carboxylic acids is 1. The zero-order chi connectivity index (χ0) is 13.8. The van der Waals surface area contributed by atoms with Crippen molar-refractivity contribution in [3.63, 3.8) is 0 Å². The van der Waals surface area contributed by atoms with Crippen LogP contribution in [0.25, 0.3) is 17.4 Å². The van der Waals surface area contributed by atoms with Crippen LogP contribution < -0.4 is 5.73 Å². The van der Waals surface area contributed by atoms with Crippen LogP contribution in [0.4, 0.5) is 0 Å². The zero-order valence-electron chi connectivity index (χ0n) is 9.87. The molecule has 0 fully saturated rings. The Morgan fingerprint density at radius 3 is 2.68 bits per heavy atom. The van der Waals surface area contributed by atoms with Gasteiger partial charge in [-0.3, -0.25) is 4.79 Å². The van der Waals surface area contributed by atoms with Gasteiger partial charge < -0.3 is 15.3 Å². The lowest BCUT2D eigenvalue weighted by atomic mass is 10.1. The predicted octanol–water partition coefficient (Wildman–Crippen LogP) is 2.14. The zero-order valence-corrected chi connectivity index (χ0v) is 9.87. The van der Waals surface area contributed by atoms with Gasteiger partial charge in [-0.15, -0.1) is 0 Å². The number of amides is 1. The molecule has 0 spiro atoms. The Hall–Kier alpha value is -2.82. The number of benzene rings is 1. The smallest absolute Gasteiger partial charge is 0.335 e. The molecule has 0 aliphatic rings. The second kappa shape index (κ2) is 5.22. The van der Waals surface area contributed by atoms with Crippen molar-refractivity contribution >= 4 is 18.0 Å². The van der Waals surface area contributed by atoms with Crippen LogP contribution in [-0.4, -0.2) is 17.0 Å². The van der Waals surface area contributed by atoms with E-state index in [9.17, 15) is 9.59 Å². The molecule has 0 radical (unpaired) electrons. The minimum Gasteiger partial charge on any atom is -0.478 e. The molecule has 0 saturated carbocycles. The number of primary amides is 1. The molecule has 0 aliphatic carbocycles. The van der Waals surface area contributed by atoms with Crippen molar-refractivity contribution < 1.29 is 19.1 Å². The predicted molar refractivity (Wildman–Crippen MR) is 69.3 cm³/mol. The summed E-state index contributed by atoms with van der Waals surface area (Å²) < 4.78 is 5.47. The molecule has 0 bridgehead atoms. The summed E-state index contributed by atoms with van der Waals surface area (Å²) in [5.41, 5.74) is 5.81. The summed E-state index contributed by atoms with van der Waals surface area (Å²) in [7, 11) is 0. The van der Waals surface area contributed by atoms with Crippen LogP contribution in [0.3, 0.4) is 0 Å². The standard InChI is InChI=1S/C14H11NO4/c15-13(16)7-5-11-4-6-12(19-11)9-2-1-3-10(8-9)14(17)18/h1-8H,(H2,15,16)(H,17,18)/b7-5-. The molecular weight excluding hydrogens is 246 g/mol. The van der Waals surface area contributed by atoms with Crippen molar-refractivity contribution in [1.82, 2.24) is 0 Å². The van der Waals surface area contributed by atoms with Crippen LogP contribution >= 0.6 is 0 Å². The van der Waals surface area contributed by atoms with Gasteiger partial charge in [-0.05, 0) is 30.3 Å². The van der Waals surface area contributed by atoms with Gasteiger partial charge in [-0.25, -0.2) is 4.79 Å². The van der Waals surface area contributed by atoms with E-state index in [0.717, 1.165) is 0 Å². The van der Waals surface area contributed by atoms with Crippen molar-refractivity contribution in [3.05, 3.63) is 53.8 Å². The van der Waals surface area contributed by atoms with E-state index in [-0.39, 0.29) is 5.56 Å². The third-order valence-electron chi connectivity index (χ3n) is 2.43. The minimum absolute atomic E-state index is 0.183. The molecular formula is C14H11NO4. The number of carboxylic acids is 1. The maximum atomic E-state index is 10.9. The SMILES string of the molecule is NC(=O)/C=C\c1ccc(-c2cccc(C(=O)O)c2)o1. The van der Waals surface area contributed by atoms with Gasteiger partial charge in [0.2, 0.25) is 5.91 Å². The van der Waals surface area contributed by atoms with E-state index in [4.69, 9.17) is 15.3 Å². The highest BCUT2D eigenvalue weighted by Crippen LogP contribution is 2.23. The van der Waals surface area contributed by atoms with E-state index in [1.54, 1.807) is 24.3 Å². The topological polar surface area (TPSA) is 93.5 Å². The number of hydrogen-bond donors (Lipinski definition) is 2. The van der Waals surface area contributed by atoms with Gasteiger partial charge in [0, 0.05) is 11.6 Å². The first kappa shape index (κ1) is 12.6. The van der Waals surface area contributed by atoms with Crippen LogP contribution in [0, 0.1) is 0 Å². The highest BCUT2D eigenvalue weighted by Gasteiger charge is 2.07. The monoisotopic (exact) mass is 257 g/mol. The molecule has 0 atom stereocenters. The molecule has 96 valence electrons. The van der Waals surface area contributed by atoms with Crippen molar-refractivity contribution in [2.45, 2.75) is 0 Å². The van der Waals surface area contributed by atoms with Gasteiger partial charge in [0.15, 0.2) is 0 Å². The summed E-state index contributed by atoms with van der Waals surface area (Å²) >= 11 is 0. The van der Waals surface area contributed by atoms with Gasteiger partial charge in [0.1, 0.15) is 11.5 Å². The lowest BCUT2D eigenvalue weighted by molar-refractivity contribution is -0.113. The van der Waals surface area contributed by atoms with Gasteiger partial charge >= 0.3 is 5.97 Å². The summed E-state index contributed by atoms with van der Waals surface area (Å²) in [6, 6.07) is 9.77. The van der Waals surface area contributed by atoms with Crippen LogP contribution in [0.15, 0.2) is 46.9 Å². The third kappa shape index (κ3) is 3.10. The Morgan fingerprint density at radius 1 is 1.21 bits per heavy atom. The Bertz CT molecular complexity index is 655. The first-order valence-electron chi connectivity index (χ1n) is 5.47. The van der Waals surface area contributed by atoms with Crippen LogP contribution in [0.2, 0.25) is 0 Å². The molecule has 5 nitrogen and oxygen atoms in total. The fraction of sp³-hybridized carbons (Fsp3) is 0. The molecule has 2 rings (SSSR count). The quantitative estimate of drug-likeness (QED) is 0.820. The summed E-state index contributed by atoms with van der Waals surface area (Å²) in [6.45, 7) is 0. The molecule has 19 heavy (non-hydrogen) atoms. The molecule has 1 heterocycles. The van der Waals surface area contributed by atoms with Gasteiger partial charge in [0.05, 0.1) is 5.56 Å². The molecule has 0 saturated heterocycles. The van der Waals surface area contributed by atoms with E-state index >= 15 is 0 Å². The van der Waals surface area contributed by atoms with E-state index in [1.807, 2.05) is 0 Å². The lowest BCUT2D eigenvalue weighted by Crippen LogP contribution is -2.04. The highest BCUT2D eigenvalue weighted by atomic mass is 16.4. The Morgan fingerprint density at radius 2 is 2.00 bits per heavy atom. The first-order valence-corrected chi connectivity index (χ1v) is 5.47. The normalized spacial score (nSPS) is 10.7. The molecule has 0 unspecified atom stereocenters. The number of carbonyl (C=O) groups is 2. The number of carboxylic acid groups (broad SMARTS) is 1. The second-order valence-corrected chi connectivity index (χ2v) is 3.82. The largest absolute Gasteiger partial charge is 0.478 e. The number of hydrogen-bond acceptors (Lipinski definition) is 3. The molecule has 0 aliphatic heterocycles. The first-order chi connectivity index (χ1) is 9.06. The lowest BCUT2D eigenvalue weighted by Gasteiger charge is -1.98. The summed E-state index contributed by atoms with van der Waals surface area (Å²) in [6.07, 6.45) is 2.64. The average molecular weight is 257 g/mol. The Balaban J connectivity index is 2.30. The molecule has 1 aromatic heterocycles. The number of furan rings is 1. The van der Waals surface area contributed by atoms with Crippen molar-refractivity contribution in [3.8, 4) is 11.3 Å². The van der Waals surface area contributed by atoms with Gasteiger partial charge in [0.25, 0.3) is 0 Å². The molecule has 1 amide bonds. The average Bonchev–Trinajstić information content (AvgIpc) is 2.85. The molecule has 2 aromatic rings. The minimum atomic E-state index is -0.998.